The summed E-state index contributed by atoms with van der Waals surface area (Å²) in [7, 11) is 0. The quantitative estimate of drug-likeness (QED) is 0.277. The number of benzene rings is 1. The Morgan fingerprint density at radius 3 is 2.94 bits per heavy atom. The Labute approximate surface area is 97.1 Å². The van der Waals surface area contributed by atoms with Gasteiger partial charge in [0.1, 0.15) is 0 Å². The van der Waals surface area contributed by atoms with E-state index < -0.39 is 6.03 Å². The lowest BCUT2D eigenvalue weighted by Gasteiger charge is -2.06. The van der Waals surface area contributed by atoms with Crippen LogP contribution in [0.25, 0.3) is 0 Å². The van der Waals surface area contributed by atoms with E-state index in [0.29, 0.717) is 10.7 Å². The first kappa shape index (κ1) is 12.1. The van der Waals surface area contributed by atoms with Crippen molar-refractivity contribution < 1.29 is 10.0 Å². The largest absolute Gasteiger partial charge is 0.409 e. The van der Waals surface area contributed by atoms with Crippen LogP contribution in [0.1, 0.15) is 0 Å². The normalized spacial score (nSPS) is 10.9. The first-order valence-corrected chi connectivity index (χ1v) is 4.76. The summed E-state index contributed by atoms with van der Waals surface area (Å²) >= 11 is 5.73. The van der Waals surface area contributed by atoms with E-state index in [0.717, 1.165) is 0 Å². The number of carbonyl (C=O) groups is 1. The molecule has 0 aliphatic carbocycles. The Balaban J connectivity index is 2.46. The van der Waals surface area contributed by atoms with E-state index >= 15 is 0 Å². The van der Waals surface area contributed by atoms with Crippen molar-refractivity contribution in [3.8, 4) is 0 Å². The van der Waals surface area contributed by atoms with Crippen LogP contribution in [0.15, 0.2) is 29.4 Å². The van der Waals surface area contributed by atoms with Crippen molar-refractivity contribution in [2.45, 2.75) is 0 Å². The summed E-state index contributed by atoms with van der Waals surface area (Å²) in [4.78, 5) is 11.3. The second-order valence-electron chi connectivity index (χ2n) is 2.91. The summed E-state index contributed by atoms with van der Waals surface area (Å²) in [6.45, 7) is -0.0388. The number of nitrogens with two attached hydrogens (primary N) is 1. The molecule has 2 amide bonds. The molecule has 1 rings (SSSR count). The number of amides is 2. The maximum absolute atomic E-state index is 11.3. The van der Waals surface area contributed by atoms with Gasteiger partial charge < -0.3 is 21.6 Å². The highest BCUT2D eigenvalue weighted by molar-refractivity contribution is 6.30. The number of nitrogens with zero attached hydrogens (tertiary/aromatic N) is 1. The third-order valence-corrected chi connectivity index (χ3v) is 1.88. The molecule has 0 atom stereocenters. The summed E-state index contributed by atoms with van der Waals surface area (Å²) in [6, 6.07) is 6.23. The summed E-state index contributed by atoms with van der Waals surface area (Å²) < 4.78 is 0. The molecule has 0 aromatic heterocycles. The molecule has 5 N–H and O–H groups in total. The van der Waals surface area contributed by atoms with E-state index in [9.17, 15) is 4.79 Å². The minimum atomic E-state index is -0.464. The number of rotatable bonds is 3. The minimum Gasteiger partial charge on any atom is -0.409 e. The van der Waals surface area contributed by atoms with Gasteiger partial charge in [0, 0.05) is 10.7 Å². The number of carbonyl (C=O) groups excluding carboxylic acids is 1. The molecule has 0 spiro atoms. The fourth-order valence-electron chi connectivity index (χ4n) is 0.948. The van der Waals surface area contributed by atoms with Gasteiger partial charge >= 0.3 is 6.03 Å². The lowest BCUT2D eigenvalue weighted by molar-refractivity contribution is 0.253. The van der Waals surface area contributed by atoms with Crippen LogP contribution in [0, 0.1) is 0 Å². The molecule has 7 heteroatoms. The SMILES string of the molecule is N/C(CNC(=O)Nc1cccc(Cl)c1)=N/O. The maximum atomic E-state index is 11.3. The van der Waals surface area contributed by atoms with Gasteiger partial charge in [-0.3, -0.25) is 0 Å². The smallest absolute Gasteiger partial charge is 0.319 e. The number of hydrogen-bond donors (Lipinski definition) is 4. The topological polar surface area (TPSA) is 99.7 Å². The van der Waals surface area contributed by atoms with E-state index in [2.05, 4.69) is 15.8 Å². The number of nitrogens with one attached hydrogen (secondary N) is 2. The van der Waals surface area contributed by atoms with Gasteiger partial charge in [0.25, 0.3) is 0 Å². The van der Waals surface area contributed by atoms with Gasteiger partial charge in [-0.15, -0.1) is 0 Å². The molecule has 0 aliphatic rings. The molecule has 6 nitrogen and oxygen atoms in total. The van der Waals surface area contributed by atoms with Crippen LogP contribution in [-0.2, 0) is 0 Å². The van der Waals surface area contributed by atoms with Gasteiger partial charge in [-0.05, 0) is 18.2 Å². The summed E-state index contributed by atoms with van der Waals surface area (Å²) in [5.74, 6) is -0.0822. The molecule has 16 heavy (non-hydrogen) atoms. The monoisotopic (exact) mass is 242 g/mol. The molecule has 0 radical (unpaired) electrons. The molecule has 86 valence electrons. The molecule has 1 aromatic carbocycles. The van der Waals surface area contributed by atoms with Crippen LogP contribution in [-0.4, -0.2) is 23.6 Å². The van der Waals surface area contributed by atoms with Crippen molar-refractivity contribution in [2.75, 3.05) is 11.9 Å². The van der Waals surface area contributed by atoms with Crippen molar-refractivity contribution in [3.63, 3.8) is 0 Å². The second kappa shape index (κ2) is 5.82. The predicted octanol–water partition coefficient (Wildman–Crippen LogP) is 1.21. The van der Waals surface area contributed by atoms with E-state index in [1.165, 1.54) is 0 Å². The van der Waals surface area contributed by atoms with E-state index in [1.54, 1.807) is 24.3 Å². The first-order valence-electron chi connectivity index (χ1n) is 4.38. The maximum Gasteiger partial charge on any atom is 0.319 e. The van der Waals surface area contributed by atoms with Crippen LogP contribution in [0.2, 0.25) is 5.02 Å². The van der Waals surface area contributed by atoms with Crippen molar-refractivity contribution in [1.29, 1.82) is 0 Å². The van der Waals surface area contributed by atoms with Crippen LogP contribution in [0.4, 0.5) is 10.5 Å². The zero-order valence-corrected chi connectivity index (χ0v) is 9.03. The fraction of sp³-hybridized carbons (Fsp3) is 0.111. The zero-order chi connectivity index (χ0) is 12.0. The number of halogens is 1. The molecule has 0 fully saturated rings. The van der Waals surface area contributed by atoms with E-state index in [-0.39, 0.29) is 12.4 Å². The van der Waals surface area contributed by atoms with Crippen molar-refractivity contribution >= 4 is 29.2 Å². The highest BCUT2D eigenvalue weighted by Crippen LogP contribution is 2.14. The standard InChI is InChI=1S/C9H11ClN4O2/c10-6-2-1-3-7(4-6)13-9(15)12-5-8(11)14-16/h1-4,16H,5H2,(H2,11,14)(H2,12,13,15). The van der Waals surface area contributed by atoms with Gasteiger partial charge in [-0.1, -0.05) is 22.8 Å². The zero-order valence-electron chi connectivity index (χ0n) is 8.27. The van der Waals surface area contributed by atoms with E-state index in [4.69, 9.17) is 22.5 Å². The van der Waals surface area contributed by atoms with Crippen molar-refractivity contribution in [1.82, 2.24) is 5.32 Å². The van der Waals surface area contributed by atoms with Crippen LogP contribution in [0.5, 0.6) is 0 Å². The first-order chi connectivity index (χ1) is 7.61. The molecule has 0 saturated heterocycles. The molecular weight excluding hydrogens is 232 g/mol. The number of urea groups is 1. The molecule has 0 heterocycles. The average Bonchev–Trinajstić information content (AvgIpc) is 2.26. The summed E-state index contributed by atoms with van der Waals surface area (Å²) in [6.07, 6.45) is 0. The molecule has 1 aromatic rings. The predicted molar refractivity (Wildman–Crippen MR) is 61.9 cm³/mol. The molecule has 0 aliphatic heterocycles. The van der Waals surface area contributed by atoms with Crippen LogP contribution in [0.3, 0.4) is 0 Å². The summed E-state index contributed by atoms with van der Waals surface area (Å²) in [5, 5.41) is 16.4. The van der Waals surface area contributed by atoms with Gasteiger partial charge in [0.2, 0.25) is 0 Å². The van der Waals surface area contributed by atoms with E-state index in [1.807, 2.05) is 0 Å². The number of oxime groups is 1. The van der Waals surface area contributed by atoms with Gasteiger partial charge in [-0.2, -0.15) is 0 Å². The Morgan fingerprint density at radius 1 is 1.56 bits per heavy atom. The van der Waals surface area contributed by atoms with Crippen molar-refractivity contribution in [3.05, 3.63) is 29.3 Å². The third-order valence-electron chi connectivity index (χ3n) is 1.64. The van der Waals surface area contributed by atoms with Gasteiger partial charge in [0.05, 0.1) is 6.54 Å². The number of hydrogen-bond acceptors (Lipinski definition) is 3. The Bertz CT molecular complexity index is 408. The summed E-state index contributed by atoms with van der Waals surface area (Å²) in [5.41, 5.74) is 5.73. The van der Waals surface area contributed by atoms with Gasteiger partial charge in [0.15, 0.2) is 5.84 Å². The van der Waals surface area contributed by atoms with Gasteiger partial charge in [-0.25, -0.2) is 4.79 Å². The Hall–Kier alpha value is -1.95. The highest BCUT2D eigenvalue weighted by Gasteiger charge is 2.02. The average molecular weight is 243 g/mol. The lowest BCUT2D eigenvalue weighted by atomic mass is 10.3. The fourth-order valence-corrected chi connectivity index (χ4v) is 1.14. The van der Waals surface area contributed by atoms with Crippen LogP contribution >= 0.6 is 11.6 Å². The minimum absolute atomic E-state index is 0.0388. The number of amidine groups is 1. The molecule has 0 unspecified atom stereocenters. The number of anilines is 1. The lowest BCUT2D eigenvalue weighted by Crippen LogP contribution is -2.36. The molecule has 0 bridgehead atoms. The molecule has 0 saturated carbocycles. The Kier molecular flexibility index (Phi) is 4.41. The van der Waals surface area contributed by atoms with Crippen LogP contribution < -0.4 is 16.4 Å². The highest BCUT2D eigenvalue weighted by atomic mass is 35.5. The van der Waals surface area contributed by atoms with Crippen molar-refractivity contribution in [2.24, 2.45) is 10.9 Å². The second-order valence-corrected chi connectivity index (χ2v) is 3.35. The molecular formula is C9H11ClN4O2. The third kappa shape index (κ3) is 4.05. The Morgan fingerprint density at radius 2 is 2.31 bits per heavy atom.